The first kappa shape index (κ1) is 19.4. The van der Waals surface area contributed by atoms with Gasteiger partial charge in [0.1, 0.15) is 5.75 Å². The normalized spacial score (nSPS) is 11.0. The van der Waals surface area contributed by atoms with E-state index in [1.54, 1.807) is 19.2 Å². The van der Waals surface area contributed by atoms with Gasteiger partial charge in [-0.25, -0.2) is 4.52 Å². The van der Waals surface area contributed by atoms with Crippen molar-refractivity contribution >= 4 is 33.8 Å². The van der Waals surface area contributed by atoms with Crippen LogP contribution in [-0.4, -0.2) is 34.2 Å². The molecule has 1 N–H and O–H groups in total. The number of halogens is 1. The maximum absolute atomic E-state index is 12.1. The maximum Gasteiger partial charge on any atom is 0.224 e. The number of hydrogen-bond acceptors (Lipinski definition) is 5. The van der Waals surface area contributed by atoms with E-state index >= 15 is 0 Å². The van der Waals surface area contributed by atoms with E-state index in [2.05, 4.69) is 15.4 Å². The minimum Gasteiger partial charge on any atom is -0.497 e. The van der Waals surface area contributed by atoms with Gasteiger partial charge in [-0.2, -0.15) is 4.98 Å². The van der Waals surface area contributed by atoms with Crippen molar-refractivity contribution in [3.63, 3.8) is 0 Å². The lowest BCUT2D eigenvalue weighted by atomic mass is 10.1. The molecule has 4 aromatic rings. The van der Waals surface area contributed by atoms with Gasteiger partial charge < -0.3 is 10.1 Å². The van der Waals surface area contributed by atoms with E-state index in [0.717, 1.165) is 27.5 Å². The molecule has 2 aromatic heterocycles. The van der Waals surface area contributed by atoms with Crippen LogP contribution in [0.5, 0.6) is 5.75 Å². The number of ether oxygens (including phenoxy) is 1. The summed E-state index contributed by atoms with van der Waals surface area (Å²) in [5, 5.41) is 10.3. The number of fused-ring (bicyclic) bond motifs is 1. The molecule has 0 spiro atoms. The van der Waals surface area contributed by atoms with Crippen molar-refractivity contribution in [1.29, 1.82) is 0 Å². The summed E-state index contributed by atoms with van der Waals surface area (Å²) in [7, 11) is 1.64. The van der Waals surface area contributed by atoms with E-state index in [1.165, 1.54) is 11.3 Å². The van der Waals surface area contributed by atoms with Crippen molar-refractivity contribution < 1.29 is 9.53 Å². The summed E-state index contributed by atoms with van der Waals surface area (Å²) in [6.45, 7) is 0.538. The summed E-state index contributed by atoms with van der Waals surface area (Å²) in [6.07, 6.45) is 1.01. The van der Waals surface area contributed by atoms with Crippen LogP contribution in [0.25, 0.3) is 16.3 Å². The SMILES string of the molecule is COc1ccc(-c2nc3scc(CCNC(=O)Cc4ccc(Cl)cc4)n3n2)cc1. The lowest BCUT2D eigenvalue weighted by Crippen LogP contribution is -2.27. The largest absolute Gasteiger partial charge is 0.497 e. The summed E-state index contributed by atoms with van der Waals surface area (Å²) >= 11 is 7.41. The molecule has 0 fully saturated rings. The second kappa shape index (κ2) is 8.63. The number of carbonyl (C=O) groups excluding carboxylic acids is 1. The molecule has 0 saturated heterocycles. The van der Waals surface area contributed by atoms with Crippen molar-refractivity contribution in [2.45, 2.75) is 12.8 Å². The van der Waals surface area contributed by atoms with E-state index in [-0.39, 0.29) is 5.91 Å². The summed E-state index contributed by atoms with van der Waals surface area (Å²) in [4.78, 5) is 17.6. The number of hydrogen-bond donors (Lipinski definition) is 1. The van der Waals surface area contributed by atoms with Gasteiger partial charge in [-0.15, -0.1) is 16.4 Å². The Morgan fingerprint density at radius 3 is 2.66 bits per heavy atom. The molecule has 29 heavy (non-hydrogen) atoms. The number of aromatic nitrogens is 3. The molecular formula is C21H19ClN4O2S. The summed E-state index contributed by atoms with van der Waals surface area (Å²) in [5.41, 5.74) is 2.89. The third-order valence-corrected chi connectivity index (χ3v) is 5.60. The monoisotopic (exact) mass is 426 g/mol. The number of nitrogens with one attached hydrogen (secondary N) is 1. The Morgan fingerprint density at radius 1 is 1.17 bits per heavy atom. The average molecular weight is 427 g/mol. The Balaban J connectivity index is 1.37. The van der Waals surface area contributed by atoms with E-state index < -0.39 is 0 Å². The first-order valence-corrected chi connectivity index (χ1v) is 10.4. The van der Waals surface area contributed by atoms with Crippen LogP contribution in [0.15, 0.2) is 53.9 Å². The van der Waals surface area contributed by atoms with Gasteiger partial charge >= 0.3 is 0 Å². The molecule has 0 atom stereocenters. The summed E-state index contributed by atoms with van der Waals surface area (Å²) in [5.74, 6) is 1.45. The van der Waals surface area contributed by atoms with E-state index in [1.807, 2.05) is 46.3 Å². The second-order valence-electron chi connectivity index (χ2n) is 6.49. The van der Waals surface area contributed by atoms with Gasteiger partial charge in [-0.05, 0) is 42.0 Å². The molecule has 2 heterocycles. The summed E-state index contributed by atoms with van der Waals surface area (Å²) in [6, 6.07) is 15.0. The highest BCUT2D eigenvalue weighted by Gasteiger charge is 2.12. The molecule has 0 aliphatic heterocycles. The lowest BCUT2D eigenvalue weighted by molar-refractivity contribution is -0.120. The van der Waals surface area contributed by atoms with Gasteiger partial charge in [0, 0.05) is 28.9 Å². The van der Waals surface area contributed by atoms with E-state index in [9.17, 15) is 4.79 Å². The first-order valence-electron chi connectivity index (χ1n) is 9.11. The Kier molecular flexibility index (Phi) is 5.78. The third-order valence-electron chi connectivity index (χ3n) is 4.48. The molecule has 0 bridgehead atoms. The molecule has 0 aliphatic carbocycles. The molecule has 0 aliphatic rings. The van der Waals surface area contributed by atoms with Crippen molar-refractivity contribution in [2.75, 3.05) is 13.7 Å². The van der Waals surface area contributed by atoms with Crippen LogP contribution in [-0.2, 0) is 17.6 Å². The number of carbonyl (C=O) groups is 1. The zero-order valence-electron chi connectivity index (χ0n) is 15.8. The number of methoxy groups -OCH3 is 1. The van der Waals surface area contributed by atoms with Crippen LogP contribution in [0.3, 0.4) is 0 Å². The highest BCUT2D eigenvalue weighted by Crippen LogP contribution is 2.23. The zero-order chi connectivity index (χ0) is 20.2. The molecule has 8 heteroatoms. The fraction of sp³-hybridized carbons (Fsp3) is 0.190. The molecule has 1 amide bonds. The maximum atomic E-state index is 12.1. The Bertz CT molecular complexity index is 1120. The topological polar surface area (TPSA) is 68.5 Å². The molecule has 0 radical (unpaired) electrons. The van der Waals surface area contributed by atoms with Gasteiger partial charge in [-0.3, -0.25) is 4.79 Å². The molecule has 2 aromatic carbocycles. The van der Waals surface area contributed by atoms with Crippen LogP contribution >= 0.6 is 22.9 Å². The fourth-order valence-electron chi connectivity index (χ4n) is 2.94. The molecule has 0 unspecified atom stereocenters. The van der Waals surface area contributed by atoms with Crippen LogP contribution < -0.4 is 10.1 Å². The van der Waals surface area contributed by atoms with E-state index in [0.29, 0.717) is 30.2 Å². The minimum absolute atomic E-state index is 0.0173. The van der Waals surface area contributed by atoms with Crippen LogP contribution in [0.4, 0.5) is 0 Å². The first-order chi connectivity index (χ1) is 14.1. The number of benzene rings is 2. The van der Waals surface area contributed by atoms with Gasteiger partial charge in [0.15, 0.2) is 5.82 Å². The van der Waals surface area contributed by atoms with E-state index in [4.69, 9.17) is 16.3 Å². The summed E-state index contributed by atoms with van der Waals surface area (Å²) < 4.78 is 7.03. The molecule has 4 rings (SSSR count). The lowest BCUT2D eigenvalue weighted by Gasteiger charge is -2.05. The van der Waals surface area contributed by atoms with Gasteiger partial charge in [0.2, 0.25) is 10.9 Å². The Morgan fingerprint density at radius 2 is 1.93 bits per heavy atom. The third kappa shape index (κ3) is 4.58. The quantitative estimate of drug-likeness (QED) is 0.484. The van der Waals surface area contributed by atoms with Crippen LogP contribution in [0.1, 0.15) is 11.3 Å². The highest BCUT2D eigenvalue weighted by atomic mass is 35.5. The van der Waals surface area contributed by atoms with Gasteiger partial charge in [0.05, 0.1) is 19.2 Å². The van der Waals surface area contributed by atoms with Gasteiger partial charge in [-0.1, -0.05) is 23.7 Å². The van der Waals surface area contributed by atoms with Crippen molar-refractivity contribution in [1.82, 2.24) is 19.9 Å². The fourth-order valence-corrected chi connectivity index (χ4v) is 3.92. The number of nitrogens with zero attached hydrogens (tertiary/aromatic N) is 3. The van der Waals surface area contributed by atoms with Crippen LogP contribution in [0, 0.1) is 0 Å². The van der Waals surface area contributed by atoms with Crippen molar-refractivity contribution in [3.8, 4) is 17.1 Å². The molecular weight excluding hydrogens is 408 g/mol. The zero-order valence-corrected chi connectivity index (χ0v) is 17.3. The molecule has 6 nitrogen and oxygen atoms in total. The standard InChI is InChI=1S/C21H19ClN4O2S/c1-28-18-8-4-15(5-9-18)20-24-21-26(25-20)17(13-29-21)10-11-23-19(27)12-14-2-6-16(22)7-3-14/h2-9,13H,10-12H2,1H3,(H,23,27). The second-order valence-corrected chi connectivity index (χ2v) is 7.76. The average Bonchev–Trinajstić information content (AvgIpc) is 3.31. The minimum atomic E-state index is -0.0173. The smallest absolute Gasteiger partial charge is 0.224 e. The van der Waals surface area contributed by atoms with Crippen LogP contribution in [0.2, 0.25) is 5.02 Å². The Hall–Kier alpha value is -2.90. The van der Waals surface area contributed by atoms with Crippen molar-refractivity contribution in [2.24, 2.45) is 0 Å². The number of rotatable bonds is 7. The predicted octanol–water partition coefficient (Wildman–Crippen LogP) is 4.02. The molecule has 148 valence electrons. The predicted molar refractivity (Wildman–Crippen MR) is 115 cm³/mol. The number of amides is 1. The highest BCUT2D eigenvalue weighted by molar-refractivity contribution is 7.15. The van der Waals surface area contributed by atoms with Crippen molar-refractivity contribution in [3.05, 3.63) is 70.2 Å². The molecule has 0 saturated carbocycles. The van der Waals surface area contributed by atoms with Gasteiger partial charge in [0.25, 0.3) is 0 Å². The number of thiazole rings is 1. The Labute approximate surface area is 177 Å².